The van der Waals surface area contributed by atoms with Crippen molar-refractivity contribution in [2.24, 2.45) is 5.16 Å². The van der Waals surface area contributed by atoms with E-state index in [-0.39, 0.29) is 28.7 Å². The van der Waals surface area contributed by atoms with Gasteiger partial charge in [0.25, 0.3) is 0 Å². The fourth-order valence-corrected chi connectivity index (χ4v) is 2.39. The molecule has 8 nitrogen and oxygen atoms in total. The maximum Gasteiger partial charge on any atom is 0.516 e. The number of hydrogen-bond acceptors (Lipinski definition) is 7. The van der Waals surface area contributed by atoms with E-state index in [1.54, 1.807) is 6.07 Å². The minimum absolute atomic E-state index is 0.00315. The van der Waals surface area contributed by atoms with Crippen molar-refractivity contribution in [1.29, 1.82) is 0 Å². The summed E-state index contributed by atoms with van der Waals surface area (Å²) in [5, 5.41) is 3.61. The van der Waals surface area contributed by atoms with Crippen LogP contribution in [-0.2, 0) is 14.9 Å². The van der Waals surface area contributed by atoms with Gasteiger partial charge < -0.3 is 9.57 Å². The molecule has 0 aliphatic heterocycles. The normalized spacial score (nSPS) is 12.6. The van der Waals surface area contributed by atoms with Crippen LogP contribution in [0.15, 0.2) is 41.8 Å². The van der Waals surface area contributed by atoms with E-state index in [9.17, 15) is 21.6 Å². The number of aromatic nitrogens is 2. The van der Waals surface area contributed by atoms with Gasteiger partial charge in [0.2, 0.25) is 0 Å². The summed E-state index contributed by atoms with van der Waals surface area (Å²) in [4.78, 5) is 12.3. The number of hydrogen-bond donors (Lipinski definition) is 1. The lowest BCUT2D eigenvalue weighted by Gasteiger charge is -2.15. The van der Waals surface area contributed by atoms with Gasteiger partial charge in [0.05, 0.1) is 11.4 Å². The Morgan fingerprint density at radius 2 is 1.88 bits per heavy atom. The molecule has 1 aromatic carbocycles. The third kappa shape index (κ3) is 4.59. The molecule has 0 unspecified atom stereocenters. The molecule has 0 radical (unpaired) electrons. The summed E-state index contributed by atoms with van der Waals surface area (Å²) in [6, 6.07) is 5.22. The van der Waals surface area contributed by atoms with E-state index in [2.05, 4.69) is 20.0 Å². The number of alkyl halides is 3. The number of benzene rings is 1. The number of nitrogens with one attached hydrogen (secondary N) is 1. The lowest BCUT2D eigenvalue weighted by molar-refractivity contribution is -0.0429. The maximum atomic E-state index is 12.6. The van der Waals surface area contributed by atoms with Crippen LogP contribution in [0.25, 0.3) is 0 Å². The Morgan fingerprint density at radius 1 is 1.23 bits per heavy atom. The molecule has 26 heavy (non-hydrogen) atoms. The maximum absolute atomic E-state index is 12.6. The van der Waals surface area contributed by atoms with E-state index in [1.807, 2.05) is 0 Å². The zero-order valence-electron chi connectivity index (χ0n) is 13.5. The topological polar surface area (TPSA) is 103 Å². The zero-order chi connectivity index (χ0) is 19.4. The molecule has 0 atom stereocenters. The average Bonchev–Trinajstić information content (AvgIpc) is 2.56. The molecule has 1 heterocycles. The number of rotatable bonds is 6. The average molecular weight is 390 g/mol. The van der Waals surface area contributed by atoms with Crippen molar-refractivity contribution in [3.8, 4) is 11.8 Å². The Bertz CT molecular complexity index is 902. The molecule has 0 saturated heterocycles. The molecule has 0 fully saturated rings. The van der Waals surface area contributed by atoms with Gasteiger partial charge in [-0.25, -0.2) is 9.97 Å². The second-order valence-electron chi connectivity index (χ2n) is 4.75. The second kappa shape index (κ2) is 7.56. The van der Waals surface area contributed by atoms with Gasteiger partial charge in [0, 0.05) is 18.0 Å². The van der Waals surface area contributed by atoms with Crippen LogP contribution in [0.1, 0.15) is 12.5 Å². The Balaban J connectivity index is 2.44. The summed E-state index contributed by atoms with van der Waals surface area (Å²) < 4.78 is 67.5. The fourth-order valence-electron chi connectivity index (χ4n) is 1.81. The number of anilines is 1. The quantitative estimate of drug-likeness (QED) is 0.601. The van der Waals surface area contributed by atoms with Gasteiger partial charge in [-0.3, -0.25) is 4.72 Å². The van der Waals surface area contributed by atoms with Crippen LogP contribution in [0.3, 0.4) is 0 Å². The Hall–Kier alpha value is -2.89. The molecule has 0 saturated carbocycles. The highest BCUT2D eigenvalue weighted by Gasteiger charge is 2.46. The number of ether oxygens (including phenoxy) is 1. The largest absolute Gasteiger partial charge is 0.516 e. The van der Waals surface area contributed by atoms with E-state index in [0.717, 1.165) is 6.07 Å². The first-order chi connectivity index (χ1) is 12.1. The Kier molecular flexibility index (Phi) is 5.65. The van der Waals surface area contributed by atoms with Gasteiger partial charge in [-0.1, -0.05) is 5.16 Å². The monoisotopic (exact) mass is 390 g/mol. The molecule has 140 valence electrons. The van der Waals surface area contributed by atoms with Crippen LogP contribution < -0.4 is 9.46 Å². The third-order valence-electron chi connectivity index (χ3n) is 2.91. The highest BCUT2D eigenvalue weighted by molar-refractivity contribution is 7.93. The number of halogens is 3. The van der Waals surface area contributed by atoms with E-state index in [4.69, 9.17) is 4.74 Å². The highest BCUT2D eigenvalue weighted by atomic mass is 32.2. The van der Waals surface area contributed by atoms with Crippen molar-refractivity contribution < 1.29 is 31.2 Å². The molecular weight excluding hydrogens is 377 g/mol. The van der Waals surface area contributed by atoms with Crippen molar-refractivity contribution in [3.63, 3.8) is 0 Å². The van der Waals surface area contributed by atoms with Gasteiger partial charge in [-0.15, -0.1) is 0 Å². The Morgan fingerprint density at radius 3 is 2.46 bits per heavy atom. The van der Waals surface area contributed by atoms with Crippen LogP contribution in [0.4, 0.5) is 18.9 Å². The van der Waals surface area contributed by atoms with Crippen LogP contribution >= 0.6 is 0 Å². The standard InChI is InChI=1S/C14H13F3N4O4S/c1-9(20-24-2)11-8-10(25-13-18-6-3-7-19-13)4-5-12(11)21-26(22,23)14(15,16)17/h3-8,21H,1-2H3. The number of sulfonamides is 1. The first-order valence-corrected chi connectivity index (χ1v) is 8.38. The second-order valence-corrected chi connectivity index (χ2v) is 6.43. The first-order valence-electron chi connectivity index (χ1n) is 6.90. The van der Waals surface area contributed by atoms with Crippen molar-refractivity contribution in [1.82, 2.24) is 9.97 Å². The molecule has 0 aliphatic carbocycles. The SMILES string of the molecule is CON=C(C)c1cc(Oc2ncccn2)ccc1NS(=O)(=O)C(F)(F)F. The highest BCUT2D eigenvalue weighted by Crippen LogP contribution is 2.30. The summed E-state index contributed by atoms with van der Waals surface area (Å²) in [7, 11) is -4.37. The molecule has 1 aromatic heterocycles. The van der Waals surface area contributed by atoms with Crippen LogP contribution in [0.2, 0.25) is 0 Å². The minimum Gasteiger partial charge on any atom is -0.424 e. The number of nitrogens with zero attached hydrogens (tertiary/aromatic N) is 3. The van der Waals surface area contributed by atoms with Gasteiger partial charge in [-0.05, 0) is 31.2 Å². The van der Waals surface area contributed by atoms with E-state index in [1.165, 1.54) is 43.3 Å². The lowest BCUT2D eigenvalue weighted by Crippen LogP contribution is -2.30. The molecular formula is C14H13F3N4O4S. The van der Waals surface area contributed by atoms with Crippen LogP contribution in [0, 0.1) is 0 Å². The summed E-state index contributed by atoms with van der Waals surface area (Å²) >= 11 is 0. The Labute approximate surface area is 146 Å². The molecule has 0 aliphatic rings. The first kappa shape index (κ1) is 19.4. The van der Waals surface area contributed by atoms with Crippen molar-refractivity contribution >= 4 is 21.4 Å². The number of oxime groups is 1. The van der Waals surface area contributed by atoms with Crippen molar-refractivity contribution in [2.45, 2.75) is 12.4 Å². The molecule has 1 N–H and O–H groups in total. The smallest absolute Gasteiger partial charge is 0.424 e. The minimum atomic E-state index is -5.60. The van der Waals surface area contributed by atoms with Crippen LogP contribution in [0.5, 0.6) is 11.8 Å². The van der Waals surface area contributed by atoms with E-state index < -0.39 is 15.5 Å². The van der Waals surface area contributed by atoms with E-state index in [0.29, 0.717) is 0 Å². The predicted octanol–water partition coefficient (Wildman–Crippen LogP) is 2.90. The summed E-state index contributed by atoms with van der Waals surface area (Å²) in [5.74, 6) is 0.159. The van der Waals surface area contributed by atoms with E-state index >= 15 is 0 Å². The van der Waals surface area contributed by atoms with Gasteiger partial charge in [-0.2, -0.15) is 21.6 Å². The van der Waals surface area contributed by atoms with Crippen molar-refractivity contribution in [2.75, 3.05) is 11.8 Å². The third-order valence-corrected chi connectivity index (χ3v) is 4.01. The molecule has 0 amide bonds. The zero-order valence-corrected chi connectivity index (χ0v) is 14.3. The van der Waals surface area contributed by atoms with Crippen molar-refractivity contribution in [3.05, 3.63) is 42.2 Å². The molecule has 0 spiro atoms. The van der Waals surface area contributed by atoms with Crippen LogP contribution in [-0.4, -0.2) is 36.7 Å². The fraction of sp³-hybridized carbons (Fsp3) is 0.214. The van der Waals surface area contributed by atoms with Gasteiger partial charge >= 0.3 is 21.5 Å². The molecule has 12 heteroatoms. The molecule has 0 bridgehead atoms. The lowest BCUT2D eigenvalue weighted by atomic mass is 10.1. The summed E-state index contributed by atoms with van der Waals surface area (Å²) in [6.07, 6.45) is 2.87. The molecule has 2 rings (SSSR count). The summed E-state index contributed by atoms with van der Waals surface area (Å²) in [6.45, 7) is 1.42. The summed E-state index contributed by atoms with van der Waals surface area (Å²) in [5.41, 5.74) is -5.68. The predicted molar refractivity (Wildman–Crippen MR) is 86.4 cm³/mol. The van der Waals surface area contributed by atoms with Gasteiger partial charge in [0.15, 0.2) is 0 Å². The molecule has 2 aromatic rings. The van der Waals surface area contributed by atoms with Gasteiger partial charge in [0.1, 0.15) is 12.9 Å².